The summed E-state index contributed by atoms with van der Waals surface area (Å²) in [6.07, 6.45) is 1.61. The van der Waals surface area contributed by atoms with Gasteiger partial charge in [0.05, 0.1) is 34.1 Å². The number of benzene rings is 1. The smallest absolute Gasteiger partial charge is 0.342 e. The van der Waals surface area contributed by atoms with Crippen molar-refractivity contribution >= 4 is 11.8 Å². The molecule has 8 heteroatoms. The van der Waals surface area contributed by atoms with Gasteiger partial charge in [-0.05, 0) is 44.2 Å². The Kier molecular flexibility index (Phi) is 6.69. The SMILES string of the molecule is COc1ccc(C(=O)OCC(=O)c2cc(C)n(Cc3ccco3)c2C)c(OC)c1OC. The molecule has 2 aromatic heterocycles. The van der Waals surface area contributed by atoms with Crippen molar-refractivity contribution in [2.75, 3.05) is 27.9 Å². The molecule has 3 rings (SSSR count). The number of esters is 1. The third kappa shape index (κ3) is 4.42. The second-order valence-corrected chi connectivity index (χ2v) is 6.83. The number of hydrogen-bond acceptors (Lipinski definition) is 7. The minimum absolute atomic E-state index is 0.135. The normalized spacial score (nSPS) is 10.6. The van der Waals surface area contributed by atoms with E-state index < -0.39 is 12.6 Å². The van der Waals surface area contributed by atoms with Gasteiger partial charge in [-0.25, -0.2) is 4.79 Å². The average molecular weight is 427 g/mol. The van der Waals surface area contributed by atoms with Crippen LogP contribution in [-0.2, 0) is 11.3 Å². The number of furan rings is 1. The average Bonchev–Trinajstić information content (AvgIpc) is 3.39. The first-order valence-corrected chi connectivity index (χ1v) is 9.59. The van der Waals surface area contributed by atoms with Crippen LogP contribution in [0.25, 0.3) is 0 Å². The van der Waals surface area contributed by atoms with Gasteiger partial charge in [0.2, 0.25) is 11.5 Å². The summed E-state index contributed by atoms with van der Waals surface area (Å²) in [5, 5.41) is 0. The second kappa shape index (κ2) is 9.42. The molecule has 0 saturated carbocycles. The van der Waals surface area contributed by atoms with Crippen molar-refractivity contribution in [3.8, 4) is 17.2 Å². The van der Waals surface area contributed by atoms with Crippen LogP contribution in [0.4, 0.5) is 0 Å². The van der Waals surface area contributed by atoms with E-state index in [0.717, 1.165) is 17.1 Å². The van der Waals surface area contributed by atoms with E-state index in [2.05, 4.69) is 0 Å². The largest absolute Gasteiger partial charge is 0.493 e. The maximum Gasteiger partial charge on any atom is 0.342 e. The predicted octanol–water partition coefficient (Wildman–Crippen LogP) is 3.81. The van der Waals surface area contributed by atoms with Crippen molar-refractivity contribution < 1.29 is 33.0 Å². The molecule has 0 unspecified atom stereocenters. The molecule has 0 bridgehead atoms. The Morgan fingerprint density at radius 1 is 0.968 bits per heavy atom. The fourth-order valence-corrected chi connectivity index (χ4v) is 3.43. The van der Waals surface area contributed by atoms with Crippen LogP contribution in [-0.4, -0.2) is 44.3 Å². The summed E-state index contributed by atoms with van der Waals surface area (Å²) in [4.78, 5) is 25.4. The molecule has 8 nitrogen and oxygen atoms in total. The van der Waals surface area contributed by atoms with Gasteiger partial charge in [-0.3, -0.25) is 4.79 Å². The highest BCUT2D eigenvalue weighted by Gasteiger charge is 2.23. The van der Waals surface area contributed by atoms with Gasteiger partial charge >= 0.3 is 5.97 Å². The molecule has 0 spiro atoms. The molecule has 0 radical (unpaired) electrons. The standard InChI is InChI=1S/C23H25NO7/c1-14-11-18(15(2)24(14)12-16-7-6-10-30-16)19(25)13-31-23(26)17-8-9-20(27-3)22(29-5)21(17)28-4/h6-11H,12-13H2,1-5H3. The molecule has 1 aromatic carbocycles. The summed E-state index contributed by atoms with van der Waals surface area (Å²) in [6.45, 7) is 3.87. The lowest BCUT2D eigenvalue weighted by atomic mass is 10.1. The zero-order chi connectivity index (χ0) is 22.5. The number of aryl methyl sites for hydroxylation is 1. The molecule has 0 N–H and O–H groups in total. The van der Waals surface area contributed by atoms with Crippen molar-refractivity contribution in [2.45, 2.75) is 20.4 Å². The highest BCUT2D eigenvalue weighted by molar-refractivity contribution is 6.01. The first kappa shape index (κ1) is 22.0. The maximum absolute atomic E-state index is 12.8. The number of carbonyl (C=O) groups is 2. The summed E-state index contributed by atoms with van der Waals surface area (Å²) >= 11 is 0. The maximum atomic E-state index is 12.8. The van der Waals surface area contributed by atoms with Crippen LogP contribution in [0.1, 0.15) is 37.9 Å². The summed E-state index contributed by atoms with van der Waals surface area (Å²) in [5.74, 6) is 0.647. The number of rotatable bonds is 9. The molecule has 0 saturated heterocycles. The van der Waals surface area contributed by atoms with Crippen LogP contribution < -0.4 is 14.2 Å². The molecule has 0 fully saturated rings. The Balaban J connectivity index is 1.75. The van der Waals surface area contributed by atoms with Crippen molar-refractivity contribution in [1.29, 1.82) is 0 Å². The van der Waals surface area contributed by atoms with Crippen LogP contribution >= 0.6 is 0 Å². The number of hydrogen-bond donors (Lipinski definition) is 0. The van der Waals surface area contributed by atoms with E-state index in [-0.39, 0.29) is 22.8 Å². The van der Waals surface area contributed by atoms with Crippen molar-refractivity contribution in [1.82, 2.24) is 4.57 Å². The van der Waals surface area contributed by atoms with Crippen LogP contribution in [0.15, 0.2) is 41.0 Å². The van der Waals surface area contributed by atoms with Crippen molar-refractivity contribution in [3.05, 3.63) is 64.9 Å². The molecule has 0 aliphatic carbocycles. The van der Waals surface area contributed by atoms with E-state index in [1.807, 2.05) is 30.5 Å². The van der Waals surface area contributed by atoms with Gasteiger partial charge < -0.3 is 27.9 Å². The topological polar surface area (TPSA) is 89.1 Å². The monoisotopic (exact) mass is 427 g/mol. The summed E-state index contributed by atoms with van der Waals surface area (Å²) < 4.78 is 28.5. The molecule has 164 valence electrons. The van der Waals surface area contributed by atoms with Gasteiger partial charge in [0.15, 0.2) is 18.1 Å². The number of ketones is 1. The van der Waals surface area contributed by atoms with E-state index in [4.69, 9.17) is 23.4 Å². The number of aromatic nitrogens is 1. The fraction of sp³-hybridized carbons (Fsp3) is 0.304. The van der Waals surface area contributed by atoms with Crippen LogP contribution in [0.2, 0.25) is 0 Å². The Bertz CT molecular complexity index is 1080. The minimum atomic E-state index is -0.699. The van der Waals surface area contributed by atoms with E-state index >= 15 is 0 Å². The summed E-state index contributed by atoms with van der Waals surface area (Å²) in [6, 6.07) is 8.55. The van der Waals surface area contributed by atoms with Crippen molar-refractivity contribution in [2.24, 2.45) is 0 Å². The number of methoxy groups -OCH3 is 3. The van der Waals surface area contributed by atoms with Gasteiger partial charge in [-0.15, -0.1) is 0 Å². The fourth-order valence-electron chi connectivity index (χ4n) is 3.43. The van der Waals surface area contributed by atoms with Crippen LogP contribution in [0.5, 0.6) is 17.2 Å². The second-order valence-electron chi connectivity index (χ2n) is 6.83. The molecule has 0 amide bonds. The Morgan fingerprint density at radius 2 is 1.71 bits per heavy atom. The van der Waals surface area contributed by atoms with Gasteiger partial charge in [-0.2, -0.15) is 0 Å². The first-order valence-electron chi connectivity index (χ1n) is 9.59. The van der Waals surface area contributed by atoms with E-state index in [0.29, 0.717) is 17.9 Å². The number of nitrogens with zero attached hydrogens (tertiary/aromatic N) is 1. The third-order valence-electron chi connectivity index (χ3n) is 5.03. The van der Waals surface area contributed by atoms with Crippen molar-refractivity contribution in [3.63, 3.8) is 0 Å². The molecule has 0 atom stereocenters. The Hall–Kier alpha value is -3.68. The molecular formula is C23H25NO7. The van der Waals surface area contributed by atoms with E-state index in [9.17, 15) is 9.59 Å². The third-order valence-corrected chi connectivity index (χ3v) is 5.03. The summed E-state index contributed by atoms with van der Waals surface area (Å²) in [5.41, 5.74) is 2.32. The molecule has 0 aliphatic rings. The lowest BCUT2D eigenvalue weighted by Crippen LogP contribution is -2.16. The first-order chi connectivity index (χ1) is 14.9. The molecule has 2 heterocycles. The highest BCUT2D eigenvalue weighted by Crippen LogP contribution is 2.40. The molecule has 3 aromatic rings. The number of ether oxygens (including phenoxy) is 4. The van der Waals surface area contributed by atoms with Gasteiger partial charge in [-0.1, -0.05) is 0 Å². The Morgan fingerprint density at radius 3 is 2.32 bits per heavy atom. The zero-order valence-corrected chi connectivity index (χ0v) is 18.2. The lowest BCUT2D eigenvalue weighted by molar-refractivity contribution is 0.0470. The highest BCUT2D eigenvalue weighted by atomic mass is 16.5. The number of Topliss-reactive ketones (excluding diaryl/α,β-unsaturated/α-hetero) is 1. The molecule has 31 heavy (non-hydrogen) atoms. The van der Waals surface area contributed by atoms with E-state index in [1.54, 1.807) is 18.4 Å². The van der Waals surface area contributed by atoms with Gasteiger partial charge in [0.25, 0.3) is 0 Å². The predicted molar refractivity (Wildman–Crippen MR) is 112 cm³/mol. The van der Waals surface area contributed by atoms with Gasteiger partial charge in [0, 0.05) is 17.0 Å². The van der Waals surface area contributed by atoms with E-state index in [1.165, 1.54) is 27.4 Å². The number of carbonyl (C=O) groups excluding carboxylic acids is 2. The van der Waals surface area contributed by atoms with Gasteiger partial charge in [0.1, 0.15) is 11.3 Å². The lowest BCUT2D eigenvalue weighted by Gasteiger charge is -2.15. The Labute approximate surface area is 180 Å². The minimum Gasteiger partial charge on any atom is -0.493 e. The van der Waals surface area contributed by atoms with Crippen LogP contribution in [0, 0.1) is 13.8 Å². The molecular weight excluding hydrogens is 402 g/mol. The summed E-state index contributed by atoms with van der Waals surface area (Å²) in [7, 11) is 4.33. The quantitative estimate of drug-likeness (QED) is 0.379. The van der Waals surface area contributed by atoms with Crippen LogP contribution in [0.3, 0.4) is 0 Å². The molecule has 0 aliphatic heterocycles. The zero-order valence-electron chi connectivity index (χ0n) is 18.2.